The standard InChI is InChI=1S/C20H24ClNO2S/c1-20(2,3)22-19(24)17(13-25-16-7-5-4-6-8-16)18(23)14-9-11-15(21)12-10-14/h4-12,17-18,23H,13H2,1-3H3,(H,22,24)/t17-,18+/m0/s1. The van der Waals surface area contributed by atoms with E-state index in [0.29, 0.717) is 16.3 Å². The zero-order valence-electron chi connectivity index (χ0n) is 14.7. The molecule has 25 heavy (non-hydrogen) atoms. The first-order valence-corrected chi connectivity index (χ1v) is 9.56. The average molecular weight is 378 g/mol. The molecule has 0 radical (unpaired) electrons. The van der Waals surface area contributed by atoms with Gasteiger partial charge in [0.15, 0.2) is 0 Å². The highest BCUT2D eigenvalue weighted by atomic mass is 35.5. The molecule has 0 heterocycles. The van der Waals surface area contributed by atoms with Gasteiger partial charge in [0, 0.05) is 21.2 Å². The quantitative estimate of drug-likeness (QED) is 0.717. The van der Waals surface area contributed by atoms with Crippen LogP contribution in [0.15, 0.2) is 59.5 Å². The summed E-state index contributed by atoms with van der Waals surface area (Å²) in [4.78, 5) is 13.8. The Labute approximate surface area is 158 Å². The summed E-state index contributed by atoms with van der Waals surface area (Å²) in [6, 6.07) is 16.8. The average Bonchev–Trinajstić information content (AvgIpc) is 2.55. The molecule has 0 spiro atoms. The highest BCUT2D eigenvalue weighted by Crippen LogP contribution is 2.30. The SMILES string of the molecule is CC(C)(C)NC(=O)[C@@H](CSc1ccccc1)[C@H](O)c1ccc(Cl)cc1. The summed E-state index contributed by atoms with van der Waals surface area (Å²) in [6.07, 6.45) is -0.893. The van der Waals surface area contributed by atoms with Crippen LogP contribution in [0.4, 0.5) is 0 Å². The van der Waals surface area contributed by atoms with E-state index in [1.54, 1.807) is 36.0 Å². The monoisotopic (exact) mass is 377 g/mol. The van der Waals surface area contributed by atoms with Gasteiger partial charge in [-0.25, -0.2) is 0 Å². The molecule has 0 aliphatic heterocycles. The minimum Gasteiger partial charge on any atom is -0.388 e. The highest BCUT2D eigenvalue weighted by molar-refractivity contribution is 7.99. The Morgan fingerprint density at radius 1 is 1.12 bits per heavy atom. The van der Waals surface area contributed by atoms with Gasteiger partial charge in [-0.05, 0) is 50.6 Å². The summed E-state index contributed by atoms with van der Waals surface area (Å²) in [5.41, 5.74) is 0.332. The third kappa shape index (κ3) is 6.38. The normalized spacial score (nSPS) is 14.0. The smallest absolute Gasteiger partial charge is 0.227 e. The van der Waals surface area contributed by atoms with Gasteiger partial charge in [0.1, 0.15) is 0 Å². The van der Waals surface area contributed by atoms with Crippen LogP contribution in [-0.2, 0) is 4.79 Å². The van der Waals surface area contributed by atoms with Crippen molar-refractivity contribution in [2.24, 2.45) is 5.92 Å². The van der Waals surface area contributed by atoms with Gasteiger partial charge in [-0.2, -0.15) is 0 Å². The number of thioether (sulfide) groups is 1. The maximum Gasteiger partial charge on any atom is 0.227 e. The van der Waals surface area contributed by atoms with Crippen molar-refractivity contribution in [1.29, 1.82) is 0 Å². The van der Waals surface area contributed by atoms with Gasteiger partial charge in [0.25, 0.3) is 0 Å². The van der Waals surface area contributed by atoms with Gasteiger partial charge in [0.05, 0.1) is 12.0 Å². The van der Waals surface area contributed by atoms with Crippen molar-refractivity contribution in [1.82, 2.24) is 5.32 Å². The second-order valence-electron chi connectivity index (χ2n) is 6.97. The third-order valence-corrected chi connectivity index (χ3v) is 4.98. The van der Waals surface area contributed by atoms with Gasteiger partial charge in [0.2, 0.25) is 5.91 Å². The van der Waals surface area contributed by atoms with Crippen molar-refractivity contribution < 1.29 is 9.90 Å². The van der Waals surface area contributed by atoms with E-state index < -0.39 is 12.0 Å². The third-order valence-electron chi connectivity index (χ3n) is 3.60. The van der Waals surface area contributed by atoms with E-state index >= 15 is 0 Å². The van der Waals surface area contributed by atoms with E-state index in [0.717, 1.165) is 4.90 Å². The number of rotatable bonds is 6. The molecule has 0 aliphatic rings. The lowest BCUT2D eigenvalue weighted by Gasteiger charge is -2.27. The molecule has 0 aromatic heterocycles. The fourth-order valence-corrected chi connectivity index (χ4v) is 3.55. The van der Waals surface area contributed by atoms with Crippen molar-refractivity contribution in [3.63, 3.8) is 0 Å². The number of nitrogens with one attached hydrogen (secondary N) is 1. The van der Waals surface area contributed by atoms with Crippen LogP contribution in [0.3, 0.4) is 0 Å². The zero-order valence-corrected chi connectivity index (χ0v) is 16.3. The van der Waals surface area contributed by atoms with Gasteiger partial charge in [-0.3, -0.25) is 4.79 Å². The summed E-state index contributed by atoms with van der Waals surface area (Å²) < 4.78 is 0. The van der Waals surface area contributed by atoms with Crippen molar-refractivity contribution in [2.75, 3.05) is 5.75 Å². The molecule has 1 amide bonds. The van der Waals surface area contributed by atoms with E-state index in [4.69, 9.17) is 11.6 Å². The largest absolute Gasteiger partial charge is 0.388 e. The Morgan fingerprint density at radius 2 is 1.72 bits per heavy atom. The molecule has 0 unspecified atom stereocenters. The maximum atomic E-state index is 12.8. The minimum atomic E-state index is -0.893. The van der Waals surface area contributed by atoms with Crippen LogP contribution >= 0.6 is 23.4 Å². The molecule has 2 aromatic rings. The molecular weight excluding hydrogens is 354 g/mol. The lowest BCUT2D eigenvalue weighted by atomic mass is 9.95. The summed E-state index contributed by atoms with van der Waals surface area (Å²) in [5, 5.41) is 14.4. The number of carbonyl (C=O) groups excluding carboxylic acids is 1. The Bertz CT molecular complexity index is 683. The predicted molar refractivity (Wildman–Crippen MR) is 105 cm³/mol. The Morgan fingerprint density at radius 3 is 2.28 bits per heavy atom. The topological polar surface area (TPSA) is 49.3 Å². The van der Waals surface area contributed by atoms with Gasteiger partial charge < -0.3 is 10.4 Å². The van der Waals surface area contributed by atoms with E-state index in [9.17, 15) is 9.90 Å². The lowest BCUT2D eigenvalue weighted by Crippen LogP contribution is -2.46. The summed E-state index contributed by atoms with van der Waals surface area (Å²) in [7, 11) is 0. The molecule has 0 saturated carbocycles. The van der Waals surface area contributed by atoms with Crippen molar-refractivity contribution >= 4 is 29.3 Å². The highest BCUT2D eigenvalue weighted by Gasteiger charge is 2.30. The maximum absolute atomic E-state index is 12.8. The molecule has 2 aromatic carbocycles. The van der Waals surface area contributed by atoms with Gasteiger partial charge >= 0.3 is 0 Å². The lowest BCUT2D eigenvalue weighted by molar-refractivity contribution is -0.129. The summed E-state index contributed by atoms with van der Waals surface area (Å²) >= 11 is 7.48. The number of hydrogen-bond donors (Lipinski definition) is 2. The second-order valence-corrected chi connectivity index (χ2v) is 8.50. The molecule has 0 bridgehead atoms. The molecule has 3 nitrogen and oxygen atoms in total. The molecule has 5 heteroatoms. The Balaban J connectivity index is 2.18. The number of hydrogen-bond acceptors (Lipinski definition) is 3. The molecule has 2 atom stereocenters. The van der Waals surface area contributed by atoms with Crippen molar-refractivity contribution in [3.8, 4) is 0 Å². The number of aliphatic hydroxyl groups excluding tert-OH is 1. The molecule has 2 rings (SSSR count). The number of amides is 1. The predicted octanol–water partition coefficient (Wildman–Crippen LogP) is 4.70. The molecule has 0 saturated heterocycles. The molecular formula is C20H24ClNO2S. The van der Waals surface area contributed by atoms with E-state index in [2.05, 4.69) is 5.32 Å². The molecule has 134 valence electrons. The Hall–Kier alpha value is -1.49. The number of halogens is 1. The molecule has 0 fully saturated rings. The van der Waals surface area contributed by atoms with Crippen LogP contribution < -0.4 is 5.32 Å². The fourth-order valence-electron chi connectivity index (χ4n) is 2.37. The van der Waals surface area contributed by atoms with E-state index in [-0.39, 0.29) is 11.4 Å². The molecule has 0 aliphatic carbocycles. The van der Waals surface area contributed by atoms with Crippen LogP contribution in [0.2, 0.25) is 5.02 Å². The van der Waals surface area contributed by atoms with Crippen LogP contribution in [0.25, 0.3) is 0 Å². The first-order chi connectivity index (χ1) is 11.8. The van der Waals surface area contributed by atoms with Crippen LogP contribution in [0, 0.1) is 5.92 Å². The number of aliphatic hydroxyl groups is 1. The van der Waals surface area contributed by atoms with E-state index in [1.165, 1.54) is 0 Å². The second kappa shape index (κ2) is 8.75. The van der Waals surface area contributed by atoms with Crippen LogP contribution in [0.5, 0.6) is 0 Å². The molecule has 2 N–H and O–H groups in total. The summed E-state index contributed by atoms with van der Waals surface area (Å²) in [6.45, 7) is 5.79. The van der Waals surface area contributed by atoms with Crippen LogP contribution in [-0.4, -0.2) is 22.3 Å². The summed E-state index contributed by atoms with van der Waals surface area (Å²) in [5.74, 6) is -0.237. The van der Waals surface area contributed by atoms with E-state index in [1.807, 2.05) is 51.1 Å². The number of benzene rings is 2. The Kier molecular flexibility index (Phi) is 6.94. The van der Waals surface area contributed by atoms with Crippen molar-refractivity contribution in [2.45, 2.75) is 37.3 Å². The first-order valence-electron chi connectivity index (χ1n) is 8.20. The number of carbonyl (C=O) groups is 1. The van der Waals surface area contributed by atoms with Gasteiger partial charge in [-0.15, -0.1) is 11.8 Å². The zero-order chi connectivity index (χ0) is 18.4. The fraction of sp³-hybridized carbons (Fsp3) is 0.350. The van der Waals surface area contributed by atoms with Crippen LogP contribution in [0.1, 0.15) is 32.4 Å². The minimum absolute atomic E-state index is 0.154. The first kappa shape index (κ1) is 19.8. The van der Waals surface area contributed by atoms with Gasteiger partial charge in [-0.1, -0.05) is 41.9 Å². The van der Waals surface area contributed by atoms with Crippen molar-refractivity contribution in [3.05, 3.63) is 65.2 Å².